The first-order valence-corrected chi connectivity index (χ1v) is 5.94. The maximum atomic E-state index is 11.8. The highest BCUT2D eigenvalue weighted by Crippen LogP contribution is 2.34. The number of hydrogen-bond donors (Lipinski definition) is 1. The van der Waals surface area contributed by atoms with Crippen molar-refractivity contribution < 1.29 is 19.4 Å². The maximum absolute atomic E-state index is 11.8. The van der Waals surface area contributed by atoms with Gasteiger partial charge in [-0.05, 0) is 26.7 Å². The largest absolute Gasteiger partial charge is 0.390 e. The number of aliphatic hydroxyl groups is 1. The van der Waals surface area contributed by atoms with Crippen LogP contribution in [0.2, 0.25) is 0 Å². The van der Waals surface area contributed by atoms with Gasteiger partial charge in [0.2, 0.25) is 0 Å². The van der Waals surface area contributed by atoms with Crippen LogP contribution < -0.4 is 0 Å². The van der Waals surface area contributed by atoms with Gasteiger partial charge in [0.25, 0.3) is 0 Å². The van der Waals surface area contributed by atoms with E-state index in [2.05, 4.69) is 0 Å². The average molecular weight is 228 g/mol. The molecule has 16 heavy (non-hydrogen) atoms. The van der Waals surface area contributed by atoms with E-state index >= 15 is 0 Å². The fourth-order valence-corrected chi connectivity index (χ4v) is 2.56. The normalized spacial score (nSPS) is 40.2. The summed E-state index contributed by atoms with van der Waals surface area (Å²) in [5, 5.41) is 10.1. The van der Waals surface area contributed by atoms with Gasteiger partial charge in [-0.15, -0.1) is 0 Å². The lowest BCUT2D eigenvalue weighted by Crippen LogP contribution is -2.38. The van der Waals surface area contributed by atoms with Crippen LogP contribution in [0.25, 0.3) is 0 Å². The average Bonchev–Trinajstić information content (AvgIpc) is 2.71. The minimum atomic E-state index is -0.723. The summed E-state index contributed by atoms with van der Waals surface area (Å²) in [7, 11) is 0. The molecular weight excluding hydrogens is 208 g/mol. The van der Waals surface area contributed by atoms with E-state index in [-0.39, 0.29) is 23.7 Å². The zero-order valence-corrected chi connectivity index (χ0v) is 10.1. The Bertz CT molecular complexity index is 287. The molecule has 4 nitrogen and oxygen atoms in total. The lowest BCUT2D eigenvalue weighted by Gasteiger charge is -2.23. The second kappa shape index (κ2) is 4.09. The van der Waals surface area contributed by atoms with Crippen molar-refractivity contribution >= 4 is 5.78 Å². The molecule has 1 aliphatic carbocycles. The van der Waals surface area contributed by atoms with Crippen LogP contribution in [-0.2, 0) is 14.3 Å². The van der Waals surface area contributed by atoms with Gasteiger partial charge in [-0.1, -0.05) is 6.92 Å². The Kier molecular flexibility index (Phi) is 3.07. The first-order chi connectivity index (χ1) is 7.41. The molecule has 1 heterocycles. The van der Waals surface area contributed by atoms with Crippen LogP contribution in [0.1, 0.15) is 33.6 Å². The third kappa shape index (κ3) is 2.14. The lowest BCUT2D eigenvalue weighted by atomic mass is 9.94. The zero-order chi connectivity index (χ0) is 11.9. The van der Waals surface area contributed by atoms with Crippen molar-refractivity contribution in [2.75, 3.05) is 6.61 Å². The van der Waals surface area contributed by atoms with E-state index in [0.29, 0.717) is 6.61 Å². The van der Waals surface area contributed by atoms with E-state index in [1.165, 1.54) is 0 Å². The summed E-state index contributed by atoms with van der Waals surface area (Å²) >= 11 is 0. The molecule has 0 radical (unpaired) electrons. The second-order valence-electron chi connectivity index (χ2n) is 5.34. The van der Waals surface area contributed by atoms with Crippen LogP contribution >= 0.6 is 0 Å². The molecule has 2 aliphatic rings. The van der Waals surface area contributed by atoms with Gasteiger partial charge in [-0.2, -0.15) is 0 Å². The highest BCUT2D eigenvalue weighted by atomic mass is 16.7. The van der Waals surface area contributed by atoms with Gasteiger partial charge in [0.15, 0.2) is 5.79 Å². The molecule has 1 saturated heterocycles. The fraction of sp³-hybridized carbons (Fsp3) is 0.917. The van der Waals surface area contributed by atoms with Gasteiger partial charge in [0.1, 0.15) is 11.9 Å². The number of hydrogen-bond acceptors (Lipinski definition) is 4. The molecule has 0 aromatic carbocycles. The van der Waals surface area contributed by atoms with Gasteiger partial charge in [0.05, 0.1) is 12.7 Å². The summed E-state index contributed by atoms with van der Waals surface area (Å²) in [6.45, 7) is 5.93. The quantitative estimate of drug-likeness (QED) is 0.769. The van der Waals surface area contributed by atoms with Gasteiger partial charge in [0, 0.05) is 11.8 Å². The van der Waals surface area contributed by atoms with Crippen LogP contribution in [0, 0.1) is 11.8 Å². The molecule has 0 aromatic rings. The second-order valence-corrected chi connectivity index (χ2v) is 5.34. The lowest BCUT2D eigenvalue weighted by molar-refractivity contribution is -0.158. The summed E-state index contributed by atoms with van der Waals surface area (Å²) < 4.78 is 11.0. The van der Waals surface area contributed by atoms with E-state index < -0.39 is 11.9 Å². The standard InChI is InChI=1S/C12H20O4/c1-7-4-5-8(10(7)13)11(14)9-6-15-12(2,3)16-9/h7-9,11,14H,4-6H2,1-3H3/t7-,8+,9-,11+/m1/s1. The van der Waals surface area contributed by atoms with Crippen LogP contribution in [0.3, 0.4) is 0 Å². The van der Waals surface area contributed by atoms with Crippen molar-refractivity contribution in [3.05, 3.63) is 0 Å². The number of Topliss-reactive ketones (excluding diaryl/α,β-unsaturated/α-hetero) is 1. The highest BCUT2D eigenvalue weighted by molar-refractivity contribution is 5.85. The summed E-state index contributed by atoms with van der Waals surface area (Å²) in [6, 6.07) is 0. The smallest absolute Gasteiger partial charge is 0.163 e. The van der Waals surface area contributed by atoms with Crippen molar-refractivity contribution in [3.8, 4) is 0 Å². The van der Waals surface area contributed by atoms with Gasteiger partial charge in [-0.25, -0.2) is 0 Å². The predicted molar refractivity (Wildman–Crippen MR) is 57.8 cm³/mol. The molecule has 0 amide bonds. The molecule has 4 heteroatoms. The number of aliphatic hydroxyl groups excluding tert-OH is 1. The van der Waals surface area contributed by atoms with Crippen LogP contribution in [-0.4, -0.2) is 35.5 Å². The third-order valence-corrected chi connectivity index (χ3v) is 3.59. The Morgan fingerprint density at radius 2 is 2.12 bits per heavy atom. The Balaban J connectivity index is 1.98. The van der Waals surface area contributed by atoms with E-state index in [9.17, 15) is 9.90 Å². The van der Waals surface area contributed by atoms with Crippen molar-refractivity contribution in [2.45, 2.75) is 51.6 Å². The zero-order valence-electron chi connectivity index (χ0n) is 10.1. The molecule has 4 atom stereocenters. The number of rotatable bonds is 2. The molecule has 0 unspecified atom stereocenters. The van der Waals surface area contributed by atoms with Crippen molar-refractivity contribution in [1.82, 2.24) is 0 Å². The number of ether oxygens (including phenoxy) is 2. The third-order valence-electron chi connectivity index (χ3n) is 3.59. The number of carbonyl (C=O) groups excluding carboxylic acids is 1. The summed E-state index contributed by atoms with van der Waals surface area (Å²) in [5.41, 5.74) is 0. The molecule has 0 spiro atoms. The van der Waals surface area contributed by atoms with E-state index in [1.807, 2.05) is 20.8 Å². The molecule has 2 rings (SSSR count). The number of ketones is 1. The Morgan fingerprint density at radius 1 is 1.44 bits per heavy atom. The molecule has 2 fully saturated rings. The first kappa shape index (κ1) is 12.0. The van der Waals surface area contributed by atoms with E-state index in [1.54, 1.807) is 0 Å². The Morgan fingerprint density at radius 3 is 2.56 bits per heavy atom. The molecular formula is C12H20O4. The minimum Gasteiger partial charge on any atom is -0.390 e. The monoisotopic (exact) mass is 228 g/mol. The fourth-order valence-electron chi connectivity index (χ4n) is 2.56. The molecule has 1 aliphatic heterocycles. The van der Waals surface area contributed by atoms with E-state index in [4.69, 9.17) is 9.47 Å². The molecule has 0 aromatic heterocycles. The summed E-state index contributed by atoms with van der Waals surface area (Å²) in [5.74, 6) is -0.660. The molecule has 92 valence electrons. The highest BCUT2D eigenvalue weighted by Gasteiger charge is 2.44. The SMILES string of the molecule is C[C@@H]1CC[C@H]([C@H](O)[C@H]2COC(C)(C)O2)C1=O. The summed E-state index contributed by atoms with van der Waals surface area (Å²) in [6.07, 6.45) is 0.549. The van der Waals surface area contributed by atoms with Gasteiger partial charge in [-0.3, -0.25) is 4.79 Å². The predicted octanol–water partition coefficient (Wildman–Crippen LogP) is 1.11. The number of carbonyl (C=O) groups is 1. The minimum absolute atomic E-state index is 0.0787. The van der Waals surface area contributed by atoms with Crippen molar-refractivity contribution in [3.63, 3.8) is 0 Å². The topological polar surface area (TPSA) is 55.8 Å². The Labute approximate surface area is 95.9 Å². The van der Waals surface area contributed by atoms with Crippen LogP contribution in [0.4, 0.5) is 0 Å². The Hall–Kier alpha value is -0.450. The van der Waals surface area contributed by atoms with E-state index in [0.717, 1.165) is 12.8 Å². The molecule has 1 N–H and O–H groups in total. The van der Waals surface area contributed by atoms with Crippen LogP contribution in [0.15, 0.2) is 0 Å². The first-order valence-electron chi connectivity index (χ1n) is 5.94. The molecule has 1 saturated carbocycles. The van der Waals surface area contributed by atoms with Gasteiger partial charge < -0.3 is 14.6 Å². The maximum Gasteiger partial charge on any atom is 0.163 e. The van der Waals surface area contributed by atoms with Crippen molar-refractivity contribution in [1.29, 1.82) is 0 Å². The van der Waals surface area contributed by atoms with Crippen LogP contribution in [0.5, 0.6) is 0 Å². The van der Waals surface area contributed by atoms with Gasteiger partial charge >= 0.3 is 0 Å². The summed E-state index contributed by atoms with van der Waals surface area (Å²) in [4.78, 5) is 11.8. The van der Waals surface area contributed by atoms with Crippen molar-refractivity contribution in [2.24, 2.45) is 11.8 Å². The molecule has 0 bridgehead atoms.